The molecule has 3 nitrogen and oxygen atoms in total. The summed E-state index contributed by atoms with van der Waals surface area (Å²) in [6, 6.07) is 25.9. The molecular formula is C25H25N3. The molecule has 1 aliphatic heterocycles. The van der Waals surface area contributed by atoms with Crippen LogP contribution in [0.25, 0.3) is 22.3 Å². The van der Waals surface area contributed by atoms with E-state index in [9.17, 15) is 5.26 Å². The maximum absolute atomic E-state index is 9.57. The normalized spacial score (nSPS) is 16.8. The Morgan fingerprint density at radius 1 is 1.00 bits per heavy atom. The molecule has 1 saturated heterocycles. The molecular weight excluding hydrogens is 342 g/mol. The summed E-state index contributed by atoms with van der Waals surface area (Å²) in [7, 11) is 0. The van der Waals surface area contributed by atoms with Crippen LogP contribution in [0.1, 0.15) is 23.1 Å². The van der Waals surface area contributed by atoms with Gasteiger partial charge in [-0.3, -0.25) is 4.90 Å². The summed E-state index contributed by atoms with van der Waals surface area (Å²) in [5.41, 5.74) is 13.9. The number of aryl methyl sites for hydroxylation is 1. The Balaban J connectivity index is 1.73. The van der Waals surface area contributed by atoms with Gasteiger partial charge in [-0.2, -0.15) is 5.26 Å². The summed E-state index contributed by atoms with van der Waals surface area (Å²) in [5, 5.41) is 9.57. The highest BCUT2D eigenvalue weighted by Crippen LogP contribution is 2.33. The second-order valence-electron chi connectivity index (χ2n) is 7.68. The molecule has 1 heterocycles. The van der Waals surface area contributed by atoms with E-state index >= 15 is 0 Å². The topological polar surface area (TPSA) is 53.0 Å². The minimum atomic E-state index is 0.246. The van der Waals surface area contributed by atoms with Crippen LogP contribution in [0.5, 0.6) is 0 Å². The number of benzene rings is 3. The van der Waals surface area contributed by atoms with E-state index in [1.807, 2.05) is 6.07 Å². The Kier molecular flexibility index (Phi) is 5.25. The third-order valence-corrected chi connectivity index (χ3v) is 5.53. The van der Waals surface area contributed by atoms with E-state index in [0.29, 0.717) is 0 Å². The fourth-order valence-electron chi connectivity index (χ4n) is 3.97. The smallest absolute Gasteiger partial charge is 0.0995 e. The first kappa shape index (κ1) is 18.4. The lowest BCUT2D eigenvalue weighted by Gasteiger charge is -2.18. The molecule has 0 radical (unpaired) electrons. The number of rotatable bonds is 4. The second kappa shape index (κ2) is 7.98. The number of likely N-dealkylation sites (tertiary alicyclic amines) is 1. The average Bonchev–Trinajstić information content (AvgIpc) is 3.13. The molecule has 0 saturated carbocycles. The second-order valence-corrected chi connectivity index (χ2v) is 7.68. The number of nitrogens with two attached hydrogens (primary N) is 1. The maximum Gasteiger partial charge on any atom is 0.0995 e. The monoisotopic (exact) mass is 367 g/mol. The molecule has 1 atom stereocenters. The highest BCUT2D eigenvalue weighted by Gasteiger charge is 2.20. The van der Waals surface area contributed by atoms with Crippen LogP contribution in [-0.4, -0.2) is 24.0 Å². The Hall–Kier alpha value is -2.93. The van der Waals surface area contributed by atoms with E-state index in [2.05, 4.69) is 78.6 Å². The Morgan fingerprint density at radius 3 is 2.32 bits per heavy atom. The number of hydrogen-bond acceptors (Lipinski definition) is 3. The molecule has 3 heteroatoms. The fourth-order valence-corrected chi connectivity index (χ4v) is 3.97. The summed E-state index contributed by atoms with van der Waals surface area (Å²) in [5.74, 6) is 0. The molecule has 3 aromatic carbocycles. The zero-order valence-corrected chi connectivity index (χ0v) is 16.2. The van der Waals surface area contributed by atoms with Crippen LogP contribution in [-0.2, 0) is 6.54 Å². The Labute approximate surface area is 167 Å². The van der Waals surface area contributed by atoms with Crippen LogP contribution in [0.2, 0.25) is 0 Å². The Morgan fingerprint density at radius 2 is 1.68 bits per heavy atom. The summed E-state index contributed by atoms with van der Waals surface area (Å²) in [4.78, 5) is 2.34. The van der Waals surface area contributed by atoms with E-state index in [4.69, 9.17) is 5.73 Å². The SMILES string of the molecule is Cc1ccc(-c2ccccc2-c2ccc(C#N)c(CN3CC[C@H](N)C3)c2)cc1. The van der Waals surface area contributed by atoms with Crippen LogP contribution >= 0.6 is 0 Å². The lowest BCUT2D eigenvalue weighted by atomic mass is 9.92. The molecule has 0 amide bonds. The molecule has 0 unspecified atom stereocenters. The summed E-state index contributed by atoms with van der Waals surface area (Å²) < 4.78 is 0. The van der Waals surface area contributed by atoms with Gasteiger partial charge in [-0.15, -0.1) is 0 Å². The third kappa shape index (κ3) is 3.84. The molecule has 0 aromatic heterocycles. The quantitative estimate of drug-likeness (QED) is 0.725. The van der Waals surface area contributed by atoms with Crippen LogP contribution in [0.4, 0.5) is 0 Å². The number of nitriles is 1. The minimum Gasteiger partial charge on any atom is -0.326 e. The van der Waals surface area contributed by atoms with E-state index in [1.165, 1.54) is 22.3 Å². The molecule has 0 spiro atoms. The third-order valence-electron chi connectivity index (χ3n) is 5.53. The van der Waals surface area contributed by atoms with Gasteiger partial charge in [0.05, 0.1) is 11.6 Å². The molecule has 3 aromatic rings. The largest absolute Gasteiger partial charge is 0.326 e. The van der Waals surface area contributed by atoms with Crippen molar-refractivity contribution >= 4 is 0 Å². The molecule has 0 aliphatic carbocycles. The van der Waals surface area contributed by atoms with Crippen molar-refractivity contribution in [2.24, 2.45) is 5.73 Å². The van der Waals surface area contributed by atoms with Crippen LogP contribution in [0.3, 0.4) is 0 Å². The van der Waals surface area contributed by atoms with Gasteiger partial charge in [0.25, 0.3) is 0 Å². The molecule has 140 valence electrons. The predicted molar refractivity (Wildman–Crippen MR) is 115 cm³/mol. The van der Waals surface area contributed by atoms with E-state index < -0.39 is 0 Å². The first-order valence-electron chi connectivity index (χ1n) is 9.81. The summed E-state index contributed by atoms with van der Waals surface area (Å²) in [6.45, 7) is 4.77. The lowest BCUT2D eigenvalue weighted by molar-refractivity contribution is 0.326. The molecule has 0 bridgehead atoms. The summed E-state index contributed by atoms with van der Waals surface area (Å²) >= 11 is 0. The van der Waals surface area contributed by atoms with Crippen molar-refractivity contribution in [1.82, 2.24) is 4.90 Å². The molecule has 28 heavy (non-hydrogen) atoms. The molecule has 1 fully saturated rings. The van der Waals surface area contributed by atoms with Crippen molar-refractivity contribution in [3.8, 4) is 28.3 Å². The van der Waals surface area contributed by atoms with Crippen LogP contribution < -0.4 is 5.73 Å². The van der Waals surface area contributed by atoms with E-state index in [-0.39, 0.29) is 6.04 Å². The highest BCUT2D eigenvalue weighted by molar-refractivity contribution is 5.84. The van der Waals surface area contributed by atoms with Crippen molar-refractivity contribution in [3.63, 3.8) is 0 Å². The first-order valence-corrected chi connectivity index (χ1v) is 9.81. The zero-order chi connectivity index (χ0) is 19.5. The van der Waals surface area contributed by atoms with Gasteiger partial charge in [-0.25, -0.2) is 0 Å². The van der Waals surface area contributed by atoms with Gasteiger partial charge in [0, 0.05) is 25.7 Å². The number of hydrogen-bond donors (Lipinski definition) is 1. The van der Waals surface area contributed by atoms with Gasteiger partial charge in [0.2, 0.25) is 0 Å². The van der Waals surface area contributed by atoms with Gasteiger partial charge in [-0.1, -0.05) is 60.2 Å². The zero-order valence-electron chi connectivity index (χ0n) is 16.2. The van der Waals surface area contributed by atoms with E-state index in [0.717, 1.165) is 42.7 Å². The summed E-state index contributed by atoms with van der Waals surface area (Å²) in [6.07, 6.45) is 1.03. The van der Waals surface area contributed by atoms with Crippen molar-refractivity contribution in [3.05, 3.63) is 83.4 Å². The lowest BCUT2D eigenvalue weighted by Crippen LogP contribution is -2.26. The van der Waals surface area contributed by atoms with E-state index in [1.54, 1.807) is 0 Å². The molecule has 4 rings (SSSR count). The number of nitrogens with zero attached hydrogens (tertiary/aromatic N) is 2. The van der Waals surface area contributed by atoms with Gasteiger partial charge in [0.1, 0.15) is 0 Å². The maximum atomic E-state index is 9.57. The molecule has 1 aliphatic rings. The average molecular weight is 367 g/mol. The van der Waals surface area contributed by atoms with Gasteiger partial charge < -0.3 is 5.73 Å². The minimum absolute atomic E-state index is 0.246. The van der Waals surface area contributed by atoms with Crippen molar-refractivity contribution in [2.45, 2.75) is 25.9 Å². The van der Waals surface area contributed by atoms with Crippen LogP contribution in [0, 0.1) is 18.3 Å². The van der Waals surface area contributed by atoms with Gasteiger partial charge in [-0.05, 0) is 53.3 Å². The Bertz CT molecular complexity index is 1010. The van der Waals surface area contributed by atoms with Crippen molar-refractivity contribution < 1.29 is 0 Å². The fraction of sp³-hybridized carbons (Fsp3) is 0.240. The first-order chi connectivity index (χ1) is 13.6. The molecule has 2 N–H and O–H groups in total. The predicted octanol–water partition coefficient (Wildman–Crippen LogP) is 4.73. The van der Waals surface area contributed by atoms with Crippen molar-refractivity contribution in [2.75, 3.05) is 13.1 Å². The highest BCUT2D eigenvalue weighted by atomic mass is 15.2. The van der Waals surface area contributed by atoms with Crippen molar-refractivity contribution in [1.29, 1.82) is 5.26 Å². The van der Waals surface area contributed by atoms with Crippen LogP contribution in [0.15, 0.2) is 66.7 Å². The standard InChI is InChI=1S/C25H25N3/c1-18-6-8-19(9-7-18)24-4-2-3-5-25(24)20-10-11-21(15-26)22(14-20)16-28-13-12-23(27)17-28/h2-11,14,23H,12-13,16-17,27H2,1H3/t23-/m0/s1. The van der Waals surface area contributed by atoms with Gasteiger partial charge in [0.15, 0.2) is 0 Å². The van der Waals surface area contributed by atoms with Gasteiger partial charge >= 0.3 is 0 Å².